The average molecular weight is 177 g/mol. The molecule has 0 fully saturated rings. The molecule has 1 heterocycles. The second-order valence-electron chi connectivity index (χ2n) is 2.99. The Kier molecular flexibility index (Phi) is 1.65. The van der Waals surface area contributed by atoms with E-state index in [0.717, 1.165) is 11.1 Å². The van der Waals surface area contributed by atoms with Crippen LogP contribution in [0.4, 0.5) is 4.39 Å². The number of fused-ring (bicyclic) bond motifs is 1. The number of aromatic nitrogens is 1. The number of pyridine rings is 1. The fourth-order valence-electron chi connectivity index (χ4n) is 1.38. The van der Waals surface area contributed by atoms with Crippen molar-refractivity contribution in [1.29, 1.82) is 0 Å². The lowest BCUT2D eigenvalue weighted by molar-refractivity contribution is 0.474. The van der Waals surface area contributed by atoms with Gasteiger partial charge in [-0.05, 0) is 30.7 Å². The van der Waals surface area contributed by atoms with Gasteiger partial charge in [0.15, 0.2) is 0 Å². The lowest BCUT2D eigenvalue weighted by Crippen LogP contribution is -1.85. The first-order chi connectivity index (χ1) is 6.16. The van der Waals surface area contributed by atoms with Crippen molar-refractivity contribution in [2.24, 2.45) is 0 Å². The standard InChI is InChI=1S/C10H8FNO/c1-6-2-8(11)3-7-4-9(13)5-12-10(6)7/h2-5,13H,1H3. The van der Waals surface area contributed by atoms with Crippen molar-refractivity contribution in [1.82, 2.24) is 4.98 Å². The molecule has 1 aromatic heterocycles. The van der Waals surface area contributed by atoms with E-state index >= 15 is 0 Å². The first kappa shape index (κ1) is 7.98. The van der Waals surface area contributed by atoms with Gasteiger partial charge < -0.3 is 5.11 Å². The molecule has 0 amide bonds. The average Bonchev–Trinajstić information content (AvgIpc) is 2.02. The van der Waals surface area contributed by atoms with Crippen LogP contribution in [0.25, 0.3) is 10.9 Å². The Labute approximate surface area is 74.7 Å². The number of benzene rings is 1. The fraction of sp³-hybridized carbons (Fsp3) is 0.100. The molecule has 0 atom stereocenters. The van der Waals surface area contributed by atoms with Gasteiger partial charge in [0, 0.05) is 5.39 Å². The van der Waals surface area contributed by atoms with Gasteiger partial charge in [0.25, 0.3) is 0 Å². The van der Waals surface area contributed by atoms with Gasteiger partial charge in [-0.25, -0.2) is 4.39 Å². The molecule has 2 rings (SSSR count). The SMILES string of the molecule is Cc1cc(F)cc2cc(O)cnc12. The molecule has 66 valence electrons. The van der Waals surface area contributed by atoms with E-state index in [-0.39, 0.29) is 11.6 Å². The van der Waals surface area contributed by atoms with Crippen molar-refractivity contribution in [3.05, 3.63) is 35.8 Å². The summed E-state index contributed by atoms with van der Waals surface area (Å²) in [6, 6.07) is 4.28. The molecule has 0 spiro atoms. The monoisotopic (exact) mass is 177 g/mol. The first-order valence-corrected chi connectivity index (χ1v) is 3.92. The van der Waals surface area contributed by atoms with Gasteiger partial charge in [0.05, 0.1) is 11.7 Å². The van der Waals surface area contributed by atoms with Gasteiger partial charge in [0.1, 0.15) is 11.6 Å². The molecule has 0 aliphatic carbocycles. The normalized spacial score (nSPS) is 10.6. The van der Waals surface area contributed by atoms with Crippen LogP contribution in [0, 0.1) is 12.7 Å². The molecule has 1 aromatic carbocycles. The number of aryl methyl sites for hydroxylation is 1. The van der Waals surface area contributed by atoms with E-state index in [1.807, 2.05) is 0 Å². The van der Waals surface area contributed by atoms with Crippen molar-refractivity contribution >= 4 is 10.9 Å². The van der Waals surface area contributed by atoms with Gasteiger partial charge in [-0.15, -0.1) is 0 Å². The van der Waals surface area contributed by atoms with Crippen LogP contribution in [0.2, 0.25) is 0 Å². The summed E-state index contributed by atoms with van der Waals surface area (Å²) in [6.45, 7) is 1.79. The minimum atomic E-state index is -0.308. The largest absolute Gasteiger partial charge is 0.506 e. The molecule has 0 radical (unpaired) electrons. The second kappa shape index (κ2) is 2.69. The molecule has 0 aliphatic heterocycles. The summed E-state index contributed by atoms with van der Waals surface area (Å²) in [6.07, 6.45) is 1.35. The van der Waals surface area contributed by atoms with Crippen LogP contribution in [0.3, 0.4) is 0 Å². The van der Waals surface area contributed by atoms with E-state index in [1.165, 1.54) is 24.4 Å². The Morgan fingerprint density at radius 2 is 2.08 bits per heavy atom. The highest BCUT2D eigenvalue weighted by molar-refractivity contribution is 5.82. The molecule has 0 aliphatic rings. The third-order valence-corrected chi connectivity index (χ3v) is 1.92. The van der Waals surface area contributed by atoms with E-state index in [9.17, 15) is 4.39 Å². The molecular formula is C10H8FNO. The zero-order chi connectivity index (χ0) is 9.42. The molecule has 0 unspecified atom stereocenters. The molecule has 1 N–H and O–H groups in total. The van der Waals surface area contributed by atoms with E-state index in [0.29, 0.717) is 5.39 Å². The molecule has 0 saturated carbocycles. The third-order valence-electron chi connectivity index (χ3n) is 1.92. The summed E-state index contributed by atoms with van der Waals surface area (Å²) >= 11 is 0. The van der Waals surface area contributed by atoms with Crippen molar-refractivity contribution in [2.45, 2.75) is 6.92 Å². The quantitative estimate of drug-likeness (QED) is 0.670. The van der Waals surface area contributed by atoms with Crippen LogP contribution >= 0.6 is 0 Å². The van der Waals surface area contributed by atoms with Gasteiger partial charge in [-0.1, -0.05) is 0 Å². The summed E-state index contributed by atoms with van der Waals surface area (Å²) in [5.74, 6) is -0.255. The van der Waals surface area contributed by atoms with E-state index < -0.39 is 0 Å². The maximum Gasteiger partial charge on any atom is 0.134 e. The van der Waals surface area contributed by atoms with E-state index in [4.69, 9.17) is 5.11 Å². The number of hydrogen-bond acceptors (Lipinski definition) is 2. The molecule has 0 bridgehead atoms. The highest BCUT2D eigenvalue weighted by Gasteiger charge is 2.02. The number of hydrogen-bond donors (Lipinski definition) is 1. The maximum atomic E-state index is 12.9. The molecular weight excluding hydrogens is 169 g/mol. The summed E-state index contributed by atoms with van der Waals surface area (Å²) in [5.41, 5.74) is 1.49. The van der Waals surface area contributed by atoms with Crippen LogP contribution in [-0.4, -0.2) is 10.1 Å². The summed E-state index contributed by atoms with van der Waals surface area (Å²) in [7, 11) is 0. The van der Waals surface area contributed by atoms with Gasteiger partial charge in [-0.2, -0.15) is 0 Å². The zero-order valence-corrected chi connectivity index (χ0v) is 7.08. The number of rotatable bonds is 0. The third kappa shape index (κ3) is 1.33. The molecule has 2 aromatic rings. The lowest BCUT2D eigenvalue weighted by atomic mass is 10.1. The lowest BCUT2D eigenvalue weighted by Gasteiger charge is -2.01. The summed E-state index contributed by atoms with van der Waals surface area (Å²) in [4.78, 5) is 4.00. The second-order valence-corrected chi connectivity index (χ2v) is 2.99. The molecule has 3 heteroatoms. The van der Waals surface area contributed by atoms with Crippen molar-refractivity contribution in [2.75, 3.05) is 0 Å². The molecule has 13 heavy (non-hydrogen) atoms. The summed E-state index contributed by atoms with van der Waals surface area (Å²) in [5, 5.41) is 9.75. The first-order valence-electron chi connectivity index (χ1n) is 3.92. The predicted molar refractivity (Wildman–Crippen MR) is 48.1 cm³/mol. The Bertz CT molecular complexity index is 462. The minimum Gasteiger partial charge on any atom is -0.506 e. The van der Waals surface area contributed by atoms with Crippen molar-refractivity contribution < 1.29 is 9.50 Å². The molecule has 0 saturated heterocycles. The van der Waals surface area contributed by atoms with Crippen molar-refractivity contribution in [3.63, 3.8) is 0 Å². The zero-order valence-electron chi connectivity index (χ0n) is 7.08. The Morgan fingerprint density at radius 1 is 1.31 bits per heavy atom. The van der Waals surface area contributed by atoms with Crippen LogP contribution in [0.15, 0.2) is 24.4 Å². The fourth-order valence-corrected chi connectivity index (χ4v) is 1.38. The highest BCUT2D eigenvalue weighted by atomic mass is 19.1. The van der Waals surface area contributed by atoms with E-state index in [2.05, 4.69) is 4.98 Å². The minimum absolute atomic E-state index is 0.0532. The van der Waals surface area contributed by atoms with Gasteiger partial charge in [0.2, 0.25) is 0 Å². The Balaban J connectivity index is 2.86. The highest BCUT2D eigenvalue weighted by Crippen LogP contribution is 2.21. The molecule has 2 nitrogen and oxygen atoms in total. The van der Waals surface area contributed by atoms with Crippen LogP contribution in [-0.2, 0) is 0 Å². The van der Waals surface area contributed by atoms with Crippen LogP contribution < -0.4 is 0 Å². The van der Waals surface area contributed by atoms with Gasteiger partial charge >= 0.3 is 0 Å². The smallest absolute Gasteiger partial charge is 0.134 e. The topological polar surface area (TPSA) is 33.1 Å². The summed E-state index contributed by atoms with van der Waals surface area (Å²) < 4.78 is 12.9. The van der Waals surface area contributed by atoms with Gasteiger partial charge in [-0.3, -0.25) is 4.98 Å². The number of aromatic hydroxyl groups is 1. The number of halogens is 1. The number of nitrogens with zero attached hydrogens (tertiary/aromatic N) is 1. The predicted octanol–water partition coefficient (Wildman–Crippen LogP) is 2.39. The van der Waals surface area contributed by atoms with E-state index in [1.54, 1.807) is 6.92 Å². The maximum absolute atomic E-state index is 12.9. The van der Waals surface area contributed by atoms with Crippen LogP contribution in [0.5, 0.6) is 5.75 Å². The Hall–Kier alpha value is -1.64. The van der Waals surface area contributed by atoms with Crippen LogP contribution in [0.1, 0.15) is 5.56 Å². The van der Waals surface area contributed by atoms with Crippen molar-refractivity contribution in [3.8, 4) is 5.75 Å². The Morgan fingerprint density at radius 3 is 2.85 bits per heavy atom.